The fraction of sp³-hybridized carbons (Fsp3) is 1.00. The minimum absolute atomic E-state index is 0.198. The number of unbranched alkanes of at least 4 members (excludes halogenated alkanes) is 9. The first kappa shape index (κ1) is 43.4. The number of ether oxygens (including phenoxy) is 3. The first-order valence-electron chi connectivity index (χ1n) is 22.6. The molecule has 0 spiro atoms. The quantitative estimate of drug-likeness (QED) is 0.0599. The second kappa shape index (κ2) is 24.3. The molecule has 0 aromatic rings. The molecule has 4 fully saturated rings. The van der Waals surface area contributed by atoms with Crippen LogP contribution in [-0.2, 0) is 14.2 Å². The summed E-state index contributed by atoms with van der Waals surface area (Å²) in [5, 5.41) is 3.80. The van der Waals surface area contributed by atoms with Crippen LogP contribution in [0.3, 0.4) is 0 Å². The van der Waals surface area contributed by atoms with Gasteiger partial charge in [0.1, 0.15) is 0 Å². The number of hydrogen-bond acceptors (Lipinski definition) is 7. The number of rotatable bonds is 28. The number of nitrogens with one attached hydrogen (secondary N) is 1. The molecule has 0 radical (unpaired) electrons. The zero-order valence-electron chi connectivity index (χ0n) is 33.9. The summed E-state index contributed by atoms with van der Waals surface area (Å²) in [4.78, 5) is 0. The Morgan fingerprint density at radius 1 is 0.647 bits per heavy atom. The third-order valence-corrected chi connectivity index (χ3v) is 14.5. The molecule has 4 rings (SSSR count). The summed E-state index contributed by atoms with van der Waals surface area (Å²) in [6, 6.07) is 0. The van der Waals surface area contributed by atoms with E-state index in [-0.39, 0.29) is 5.41 Å². The van der Waals surface area contributed by atoms with Gasteiger partial charge in [0.25, 0.3) is 0 Å². The van der Waals surface area contributed by atoms with Crippen molar-refractivity contribution >= 4 is 0 Å². The zero-order valence-corrected chi connectivity index (χ0v) is 33.9. The van der Waals surface area contributed by atoms with Crippen molar-refractivity contribution in [2.24, 2.45) is 64.0 Å². The zero-order chi connectivity index (χ0) is 36.3. The monoisotopic (exact) mass is 719 g/mol. The molecule has 0 saturated heterocycles. The van der Waals surface area contributed by atoms with Crippen LogP contribution in [0.5, 0.6) is 0 Å². The van der Waals surface area contributed by atoms with Crippen molar-refractivity contribution in [1.29, 1.82) is 0 Å². The largest absolute Gasteiger partial charge is 0.378 e. The fourth-order valence-electron chi connectivity index (χ4n) is 11.9. The predicted octanol–water partition coefficient (Wildman–Crippen LogP) is 8.60. The van der Waals surface area contributed by atoms with E-state index < -0.39 is 0 Å². The van der Waals surface area contributed by atoms with E-state index in [2.05, 4.69) is 26.1 Å². The Balaban J connectivity index is 1.32. The highest BCUT2D eigenvalue weighted by atomic mass is 16.5. The maximum atomic E-state index is 7.01. The van der Waals surface area contributed by atoms with Crippen LogP contribution in [0.15, 0.2) is 0 Å². The van der Waals surface area contributed by atoms with Gasteiger partial charge in [0.15, 0.2) is 0 Å². The van der Waals surface area contributed by atoms with E-state index in [1.165, 1.54) is 129 Å². The summed E-state index contributed by atoms with van der Waals surface area (Å²) in [6.45, 7) is 14.4. The van der Waals surface area contributed by atoms with E-state index in [1.807, 2.05) is 0 Å². The summed E-state index contributed by atoms with van der Waals surface area (Å²) in [5.41, 5.74) is 18.0. The Hall–Kier alpha value is -0.280. The van der Waals surface area contributed by atoms with E-state index in [0.29, 0.717) is 73.5 Å². The van der Waals surface area contributed by atoms with Gasteiger partial charge in [0, 0.05) is 25.2 Å². The topological polar surface area (TPSA) is 118 Å². The summed E-state index contributed by atoms with van der Waals surface area (Å²) in [6.07, 6.45) is 29.3. The van der Waals surface area contributed by atoms with Crippen molar-refractivity contribution in [3.63, 3.8) is 0 Å². The van der Waals surface area contributed by atoms with E-state index >= 15 is 0 Å². The van der Waals surface area contributed by atoms with Gasteiger partial charge in [-0.1, -0.05) is 78.6 Å². The fourth-order valence-corrected chi connectivity index (χ4v) is 11.9. The molecular weight excluding hydrogens is 633 g/mol. The molecule has 11 unspecified atom stereocenters. The van der Waals surface area contributed by atoms with Gasteiger partial charge in [-0.2, -0.15) is 0 Å². The van der Waals surface area contributed by atoms with Crippen molar-refractivity contribution in [2.45, 2.75) is 180 Å². The van der Waals surface area contributed by atoms with Gasteiger partial charge in [-0.15, -0.1) is 0 Å². The van der Waals surface area contributed by atoms with Crippen LogP contribution in [-0.4, -0.2) is 70.9 Å². The molecule has 0 amide bonds. The van der Waals surface area contributed by atoms with Gasteiger partial charge in [0.05, 0.1) is 18.3 Å². The predicted molar refractivity (Wildman–Crippen MR) is 215 cm³/mol. The Bertz CT molecular complexity index is 894. The summed E-state index contributed by atoms with van der Waals surface area (Å²) in [5.74, 6) is 4.86. The standard InChI is InChI=1S/C44H86N4O3/c1-4-5-6-7-8-9-10-11-12-13-26-48-27-14-18-34(2)39-21-22-40-43-38(33-42(44(39,40)3)51-30-17-25-47)37-20-19-36(49-28-15-23-45)31-35(37)32-41(43)50-29-16-24-46/h34-43,48H,4-33,45-47H2,1-3H3. The van der Waals surface area contributed by atoms with Gasteiger partial charge in [-0.05, 0) is 158 Å². The first-order valence-corrected chi connectivity index (χ1v) is 22.6. The average molecular weight is 719 g/mol. The molecular formula is C44H86N4O3. The molecule has 0 aliphatic heterocycles. The van der Waals surface area contributed by atoms with Crippen LogP contribution in [0.25, 0.3) is 0 Å². The van der Waals surface area contributed by atoms with E-state index in [4.69, 9.17) is 31.4 Å². The highest BCUT2D eigenvalue weighted by molar-refractivity contribution is 5.12. The molecule has 0 aromatic heterocycles. The number of nitrogens with two attached hydrogens (primary N) is 3. The second-order valence-corrected chi connectivity index (χ2v) is 17.8. The summed E-state index contributed by atoms with van der Waals surface area (Å²) >= 11 is 0. The lowest BCUT2D eigenvalue weighted by atomic mass is 9.47. The Morgan fingerprint density at radius 2 is 1.27 bits per heavy atom. The Morgan fingerprint density at radius 3 is 1.96 bits per heavy atom. The van der Waals surface area contributed by atoms with Crippen molar-refractivity contribution in [3.05, 3.63) is 0 Å². The van der Waals surface area contributed by atoms with Crippen molar-refractivity contribution in [1.82, 2.24) is 5.32 Å². The lowest BCUT2D eigenvalue weighted by molar-refractivity contribution is -0.204. The first-order chi connectivity index (χ1) is 25.0. The molecule has 300 valence electrons. The van der Waals surface area contributed by atoms with Gasteiger partial charge >= 0.3 is 0 Å². The van der Waals surface area contributed by atoms with Crippen LogP contribution < -0.4 is 22.5 Å². The maximum absolute atomic E-state index is 7.01. The van der Waals surface area contributed by atoms with Crippen LogP contribution in [0.1, 0.15) is 162 Å². The average Bonchev–Trinajstić information content (AvgIpc) is 3.49. The van der Waals surface area contributed by atoms with Crippen LogP contribution >= 0.6 is 0 Å². The molecule has 0 heterocycles. The summed E-state index contributed by atoms with van der Waals surface area (Å²) < 4.78 is 20.3. The van der Waals surface area contributed by atoms with Gasteiger partial charge in [-0.25, -0.2) is 0 Å². The van der Waals surface area contributed by atoms with Crippen LogP contribution in [0.4, 0.5) is 0 Å². The van der Waals surface area contributed by atoms with E-state index in [9.17, 15) is 0 Å². The summed E-state index contributed by atoms with van der Waals surface area (Å²) in [7, 11) is 0. The normalized spacial score (nSPS) is 33.9. The molecule has 7 N–H and O–H groups in total. The molecule has 4 saturated carbocycles. The highest BCUT2D eigenvalue weighted by Crippen LogP contribution is 2.66. The maximum Gasteiger partial charge on any atom is 0.0637 e. The van der Waals surface area contributed by atoms with Gasteiger partial charge in [-0.3, -0.25) is 0 Å². The minimum Gasteiger partial charge on any atom is -0.378 e. The van der Waals surface area contributed by atoms with Crippen molar-refractivity contribution in [2.75, 3.05) is 52.5 Å². The number of fused-ring (bicyclic) bond motifs is 5. The molecule has 7 heteroatoms. The third-order valence-electron chi connectivity index (χ3n) is 14.5. The Labute approximate surface area is 315 Å². The van der Waals surface area contributed by atoms with Crippen molar-refractivity contribution in [3.8, 4) is 0 Å². The minimum atomic E-state index is 0.198. The highest BCUT2D eigenvalue weighted by Gasteiger charge is 2.64. The van der Waals surface area contributed by atoms with Gasteiger partial charge in [0.2, 0.25) is 0 Å². The van der Waals surface area contributed by atoms with E-state index in [1.54, 1.807) is 0 Å². The third kappa shape index (κ3) is 12.6. The second-order valence-electron chi connectivity index (χ2n) is 17.8. The SMILES string of the molecule is CCCCCCCCCCCCNCCCC(C)C1CCC2C3C(OCCCN)CC4CC(OCCCN)CCC4C3CC(OCCCN)C12C. The van der Waals surface area contributed by atoms with Gasteiger partial charge < -0.3 is 36.7 Å². The van der Waals surface area contributed by atoms with Crippen molar-refractivity contribution < 1.29 is 14.2 Å². The molecule has 4 aliphatic rings. The Kier molecular flexibility index (Phi) is 20.7. The molecule has 11 atom stereocenters. The van der Waals surface area contributed by atoms with Crippen LogP contribution in [0.2, 0.25) is 0 Å². The molecule has 0 aromatic carbocycles. The molecule has 4 aliphatic carbocycles. The lowest BCUT2D eigenvalue weighted by Gasteiger charge is -2.61. The molecule has 51 heavy (non-hydrogen) atoms. The number of hydrogen-bond donors (Lipinski definition) is 4. The smallest absolute Gasteiger partial charge is 0.0637 e. The van der Waals surface area contributed by atoms with E-state index in [0.717, 1.165) is 51.5 Å². The lowest BCUT2D eigenvalue weighted by Crippen LogP contribution is -2.60. The molecule has 0 bridgehead atoms. The molecule has 7 nitrogen and oxygen atoms in total. The van der Waals surface area contributed by atoms with Crippen LogP contribution in [0, 0.1) is 46.8 Å².